The third-order valence-electron chi connectivity index (χ3n) is 3.56. The molecule has 0 aromatic heterocycles. The van der Waals surface area contributed by atoms with Gasteiger partial charge in [0.25, 0.3) is 0 Å². The summed E-state index contributed by atoms with van der Waals surface area (Å²) in [7, 11) is 1.63. The normalized spacial score (nSPS) is 9.75. The van der Waals surface area contributed by atoms with Crippen LogP contribution in [-0.4, -0.2) is 65.9 Å². The average molecular weight is 524 g/mol. The molecule has 0 saturated heterocycles. The molecule has 1 rings (SSSR count). The molecule has 1 aromatic carbocycles. The standard InChI is InChI=1S/C20H31BrO7.2C2H6/c1-4-6-7-27-17-14-16(20(22)26-5-2)15-18(19(17)21)28-13-12-25-11-10-24-9-8-23-3;2*1-2/h14-15H,4-13H2,1-3H3;2*1-2H3. The van der Waals surface area contributed by atoms with E-state index < -0.39 is 5.97 Å². The van der Waals surface area contributed by atoms with Crippen molar-refractivity contribution < 1.29 is 33.2 Å². The lowest BCUT2D eigenvalue weighted by Gasteiger charge is -2.15. The molecule has 0 fully saturated rings. The van der Waals surface area contributed by atoms with Gasteiger partial charge in [-0.2, -0.15) is 0 Å². The predicted octanol–water partition coefficient (Wildman–Crippen LogP) is 5.92. The molecule has 0 heterocycles. The van der Waals surface area contributed by atoms with E-state index in [1.165, 1.54) is 0 Å². The molecule has 0 spiro atoms. The molecule has 188 valence electrons. The molecule has 8 heteroatoms. The number of rotatable bonds is 16. The first kappa shape index (κ1) is 32.8. The zero-order valence-corrected chi connectivity index (χ0v) is 22.5. The number of ether oxygens (including phenoxy) is 6. The van der Waals surface area contributed by atoms with Crippen LogP contribution in [0.15, 0.2) is 16.6 Å². The Labute approximate surface area is 203 Å². The third kappa shape index (κ3) is 15.5. The number of esters is 1. The first-order valence-electron chi connectivity index (χ1n) is 11.5. The van der Waals surface area contributed by atoms with Crippen LogP contribution in [0.5, 0.6) is 11.5 Å². The summed E-state index contributed by atoms with van der Waals surface area (Å²) in [5.41, 5.74) is 0.388. The average Bonchev–Trinajstić information content (AvgIpc) is 2.82. The van der Waals surface area contributed by atoms with Gasteiger partial charge in [-0.05, 0) is 41.4 Å². The highest BCUT2D eigenvalue weighted by Crippen LogP contribution is 2.36. The smallest absolute Gasteiger partial charge is 0.338 e. The summed E-state index contributed by atoms with van der Waals surface area (Å²) < 4.78 is 33.0. The fraction of sp³-hybridized carbons (Fsp3) is 0.708. The van der Waals surface area contributed by atoms with Crippen LogP contribution in [0.1, 0.15) is 64.7 Å². The van der Waals surface area contributed by atoms with Crippen LogP contribution in [0.2, 0.25) is 0 Å². The molecule has 0 bridgehead atoms. The highest BCUT2D eigenvalue weighted by molar-refractivity contribution is 9.10. The van der Waals surface area contributed by atoms with E-state index in [2.05, 4.69) is 22.9 Å². The Morgan fingerprint density at radius 2 is 1.31 bits per heavy atom. The van der Waals surface area contributed by atoms with E-state index >= 15 is 0 Å². The maximum atomic E-state index is 12.1. The van der Waals surface area contributed by atoms with Crippen LogP contribution >= 0.6 is 15.9 Å². The molecule has 0 aliphatic carbocycles. The van der Waals surface area contributed by atoms with Gasteiger partial charge in [-0.25, -0.2) is 4.79 Å². The van der Waals surface area contributed by atoms with Gasteiger partial charge in [-0.1, -0.05) is 41.0 Å². The topological polar surface area (TPSA) is 72.5 Å². The molecule has 0 atom stereocenters. The summed E-state index contributed by atoms with van der Waals surface area (Å²) in [4.78, 5) is 12.1. The molecule has 0 aliphatic rings. The van der Waals surface area contributed by atoms with Crippen molar-refractivity contribution in [1.82, 2.24) is 0 Å². The number of halogens is 1. The molecule has 0 unspecified atom stereocenters. The van der Waals surface area contributed by atoms with E-state index in [9.17, 15) is 4.79 Å². The monoisotopic (exact) mass is 522 g/mol. The second-order valence-electron chi connectivity index (χ2n) is 5.77. The van der Waals surface area contributed by atoms with Crippen molar-refractivity contribution >= 4 is 21.9 Å². The van der Waals surface area contributed by atoms with Gasteiger partial charge < -0.3 is 28.4 Å². The second-order valence-corrected chi connectivity index (χ2v) is 6.57. The van der Waals surface area contributed by atoms with Crippen molar-refractivity contribution in [2.75, 3.05) is 60.0 Å². The molecule has 32 heavy (non-hydrogen) atoms. The van der Waals surface area contributed by atoms with Gasteiger partial charge in [-0.3, -0.25) is 0 Å². The summed E-state index contributed by atoms with van der Waals surface area (Å²) in [6, 6.07) is 3.31. The number of carbonyl (C=O) groups is 1. The quantitative estimate of drug-likeness (QED) is 0.197. The van der Waals surface area contributed by atoms with Crippen LogP contribution in [0, 0.1) is 0 Å². The van der Waals surface area contributed by atoms with Crippen molar-refractivity contribution in [1.29, 1.82) is 0 Å². The molecule has 7 nitrogen and oxygen atoms in total. The van der Waals surface area contributed by atoms with Gasteiger partial charge in [0.15, 0.2) is 0 Å². The molecular formula is C24H43BrO7. The number of unbranched alkanes of at least 4 members (excludes halogenated alkanes) is 1. The second kappa shape index (κ2) is 24.3. The predicted molar refractivity (Wildman–Crippen MR) is 132 cm³/mol. The first-order chi connectivity index (χ1) is 15.6. The van der Waals surface area contributed by atoms with E-state index in [1.54, 1.807) is 26.2 Å². The van der Waals surface area contributed by atoms with Crippen molar-refractivity contribution in [3.05, 3.63) is 22.2 Å². The lowest BCUT2D eigenvalue weighted by molar-refractivity contribution is 0.0179. The maximum Gasteiger partial charge on any atom is 0.338 e. The minimum absolute atomic E-state index is 0.303. The summed E-state index contributed by atoms with van der Waals surface area (Å²) in [5.74, 6) is 0.656. The van der Waals surface area contributed by atoms with E-state index in [4.69, 9.17) is 28.4 Å². The number of hydrogen-bond donors (Lipinski definition) is 0. The minimum atomic E-state index is -0.412. The summed E-state index contributed by atoms with van der Waals surface area (Å²) in [5, 5.41) is 0. The number of carbonyl (C=O) groups excluding carboxylic acids is 1. The van der Waals surface area contributed by atoms with Crippen LogP contribution in [-0.2, 0) is 18.9 Å². The fourth-order valence-corrected chi connectivity index (χ4v) is 2.57. The van der Waals surface area contributed by atoms with E-state index in [1.807, 2.05) is 27.7 Å². The number of methoxy groups -OCH3 is 1. The zero-order chi connectivity index (χ0) is 24.6. The van der Waals surface area contributed by atoms with Crippen molar-refractivity contribution in [2.45, 2.75) is 54.4 Å². The van der Waals surface area contributed by atoms with E-state index in [0.717, 1.165) is 12.8 Å². The zero-order valence-electron chi connectivity index (χ0n) is 21.0. The van der Waals surface area contributed by atoms with Gasteiger partial charge in [0.1, 0.15) is 22.6 Å². The highest BCUT2D eigenvalue weighted by atomic mass is 79.9. The van der Waals surface area contributed by atoms with E-state index in [-0.39, 0.29) is 0 Å². The summed E-state index contributed by atoms with van der Waals surface area (Å²) >= 11 is 3.50. The van der Waals surface area contributed by atoms with Gasteiger partial charge in [-0.15, -0.1) is 0 Å². The third-order valence-corrected chi connectivity index (χ3v) is 4.34. The molecular weight excluding hydrogens is 480 g/mol. The Balaban J connectivity index is 0. The van der Waals surface area contributed by atoms with Gasteiger partial charge in [0.05, 0.1) is 51.8 Å². The summed E-state index contributed by atoms with van der Waals surface area (Å²) in [6.07, 6.45) is 1.94. The Morgan fingerprint density at radius 3 is 1.81 bits per heavy atom. The van der Waals surface area contributed by atoms with Crippen LogP contribution < -0.4 is 9.47 Å². The summed E-state index contributed by atoms with van der Waals surface area (Å²) in [6.45, 7) is 15.5. The van der Waals surface area contributed by atoms with Crippen LogP contribution in [0.25, 0.3) is 0 Å². The number of hydrogen-bond acceptors (Lipinski definition) is 7. The SMILES string of the molecule is CC.CC.CCCCOc1cc(C(=O)OCC)cc(OCCOCCOCCOC)c1Br. The fourth-order valence-electron chi connectivity index (χ4n) is 2.12. The van der Waals surface area contributed by atoms with Gasteiger partial charge >= 0.3 is 5.97 Å². The Bertz CT molecular complexity index is 568. The number of benzene rings is 1. The molecule has 0 amide bonds. The Hall–Kier alpha value is -1.35. The van der Waals surface area contributed by atoms with Gasteiger partial charge in [0, 0.05) is 7.11 Å². The lowest BCUT2D eigenvalue weighted by Crippen LogP contribution is -2.13. The minimum Gasteiger partial charge on any atom is -0.492 e. The highest BCUT2D eigenvalue weighted by Gasteiger charge is 2.16. The van der Waals surface area contributed by atoms with Crippen molar-refractivity contribution in [3.8, 4) is 11.5 Å². The molecule has 1 aromatic rings. The van der Waals surface area contributed by atoms with Crippen molar-refractivity contribution in [3.63, 3.8) is 0 Å². The Morgan fingerprint density at radius 1 is 0.812 bits per heavy atom. The molecule has 0 radical (unpaired) electrons. The Kier molecular flexibility index (Phi) is 24.9. The largest absolute Gasteiger partial charge is 0.492 e. The van der Waals surface area contributed by atoms with Crippen LogP contribution in [0.4, 0.5) is 0 Å². The van der Waals surface area contributed by atoms with Crippen LogP contribution in [0.3, 0.4) is 0 Å². The molecule has 0 aliphatic heterocycles. The molecule has 0 saturated carbocycles. The van der Waals surface area contributed by atoms with Gasteiger partial charge in [0.2, 0.25) is 0 Å². The van der Waals surface area contributed by atoms with E-state index in [0.29, 0.717) is 74.4 Å². The van der Waals surface area contributed by atoms with Crippen molar-refractivity contribution in [2.24, 2.45) is 0 Å². The molecule has 0 N–H and O–H groups in total. The first-order valence-corrected chi connectivity index (χ1v) is 12.3. The maximum absolute atomic E-state index is 12.1. The lowest BCUT2D eigenvalue weighted by atomic mass is 10.2.